The number of ketones is 1. The van der Waals surface area contributed by atoms with Crippen LogP contribution in [0.15, 0.2) is 35.2 Å². The molecule has 7 nitrogen and oxygen atoms in total. The lowest BCUT2D eigenvalue weighted by atomic mass is 9.36. The minimum Gasteiger partial charge on any atom is -0.472 e. The van der Waals surface area contributed by atoms with E-state index in [0.717, 1.165) is 5.56 Å². The molecule has 3 aliphatic carbocycles. The van der Waals surface area contributed by atoms with Crippen LogP contribution in [0.5, 0.6) is 0 Å². The van der Waals surface area contributed by atoms with E-state index in [0.29, 0.717) is 12.8 Å². The van der Waals surface area contributed by atoms with Gasteiger partial charge < -0.3 is 24.1 Å². The number of hydrogen-bond acceptors (Lipinski definition) is 7. The van der Waals surface area contributed by atoms with Gasteiger partial charge in [0.05, 0.1) is 24.2 Å². The van der Waals surface area contributed by atoms with Crippen molar-refractivity contribution in [2.75, 3.05) is 0 Å². The molecule has 0 amide bonds. The molecule has 0 unspecified atom stereocenters. The van der Waals surface area contributed by atoms with E-state index in [9.17, 15) is 19.8 Å². The monoisotopic (exact) mass is 456 g/mol. The normalized spacial score (nSPS) is 53.9. The molecule has 178 valence electrons. The number of fused-ring (bicyclic) bond motifs is 1. The lowest BCUT2D eigenvalue weighted by Crippen LogP contribution is -2.76. The topological polar surface area (TPSA) is 110 Å². The van der Waals surface area contributed by atoms with Gasteiger partial charge in [-0.25, -0.2) is 4.79 Å². The molecule has 9 atom stereocenters. The predicted octanol–water partition coefficient (Wildman–Crippen LogP) is 3.10. The fraction of sp³-hybridized carbons (Fsp3) is 0.692. The van der Waals surface area contributed by atoms with Gasteiger partial charge in [-0.1, -0.05) is 33.8 Å². The minimum atomic E-state index is -1.30. The van der Waals surface area contributed by atoms with Gasteiger partial charge in [-0.15, -0.1) is 0 Å². The van der Waals surface area contributed by atoms with Gasteiger partial charge in [0.1, 0.15) is 11.7 Å². The first-order valence-electron chi connectivity index (χ1n) is 11.9. The zero-order valence-corrected chi connectivity index (χ0v) is 19.8. The average molecular weight is 457 g/mol. The van der Waals surface area contributed by atoms with Gasteiger partial charge in [-0.2, -0.15) is 0 Å². The zero-order valence-electron chi connectivity index (χ0n) is 19.8. The second-order valence-corrected chi connectivity index (χ2v) is 12.1. The van der Waals surface area contributed by atoms with E-state index in [1.54, 1.807) is 31.6 Å². The van der Waals surface area contributed by atoms with Crippen LogP contribution < -0.4 is 0 Å². The number of epoxide rings is 1. The molecule has 2 spiro atoms. The molecule has 1 aromatic rings. The Hall–Kier alpha value is -1.96. The van der Waals surface area contributed by atoms with E-state index >= 15 is 0 Å². The van der Waals surface area contributed by atoms with Crippen LogP contribution >= 0.6 is 0 Å². The first kappa shape index (κ1) is 21.6. The van der Waals surface area contributed by atoms with Crippen LogP contribution in [0.25, 0.3) is 0 Å². The molecule has 7 heteroatoms. The van der Waals surface area contributed by atoms with Crippen LogP contribution in [-0.2, 0) is 19.1 Å². The lowest BCUT2D eigenvalue weighted by Gasteiger charge is -2.69. The molecule has 0 bridgehead atoms. The molecule has 33 heavy (non-hydrogen) atoms. The maximum Gasteiger partial charge on any atom is 0.339 e. The summed E-state index contributed by atoms with van der Waals surface area (Å²) in [5.74, 6) is -0.874. The zero-order chi connectivity index (χ0) is 23.8. The second kappa shape index (κ2) is 5.81. The minimum absolute atomic E-state index is 0.0424. The van der Waals surface area contributed by atoms with E-state index in [-0.39, 0.29) is 12.2 Å². The van der Waals surface area contributed by atoms with Crippen molar-refractivity contribution < 1.29 is 33.7 Å². The molecule has 4 fully saturated rings. The summed E-state index contributed by atoms with van der Waals surface area (Å²) < 4.78 is 17.5. The molecule has 2 aliphatic heterocycles. The summed E-state index contributed by atoms with van der Waals surface area (Å²) in [6.07, 6.45) is 5.71. The highest BCUT2D eigenvalue weighted by Gasteiger charge is 2.89. The number of esters is 1. The molecule has 1 aromatic heterocycles. The fourth-order valence-corrected chi connectivity index (χ4v) is 8.87. The number of hydrogen-bond donors (Lipinski definition) is 2. The standard InChI is InChI=1S/C26H32O7/c1-21(2)16(27)7-10-25(21)12-17(28)23(4)15(24(25,5)30)6-9-22(3)18(14-8-11-31-13-14)32-20(29)19-26(22,23)33-19/h7-8,10-11,13,15,17-19,28,30H,6,9,12H2,1-5H3/t15-,17+,18-,19+,22+,23+,24-,25-,26-/m1/s1. The molecule has 6 rings (SSSR count). The first-order chi connectivity index (χ1) is 15.3. The van der Waals surface area contributed by atoms with E-state index in [2.05, 4.69) is 6.92 Å². The van der Waals surface area contributed by atoms with Gasteiger partial charge in [0.15, 0.2) is 11.9 Å². The number of ether oxygens (including phenoxy) is 2. The summed E-state index contributed by atoms with van der Waals surface area (Å²) in [4.78, 5) is 25.8. The largest absolute Gasteiger partial charge is 0.472 e. The molecule has 3 heterocycles. The molecule has 0 radical (unpaired) electrons. The quantitative estimate of drug-likeness (QED) is 0.494. The number of cyclic esters (lactones) is 1. The van der Waals surface area contributed by atoms with E-state index < -0.39 is 63.1 Å². The number of carbonyl (C=O) groups is 2. The maximum atomic E-state index is 13.0. The number of allylic oxidation sites excluding steroid dienone is 1. The number of aliphatic hydroxyl groups is 2. The van der Waals surface area contributed by atoms with Gasteiger partial charge in [-0.3, -0.25) is 4.79 Å². The summed E-state index contributed by atoms with van der Waals surface area (Å²) in [6.45, 7) is 9.53. The van der Waals surface area contributed by atoms with Crippen LogP contribution in [0, 0.1) is 27.6 Å². The summed E-state index contributed by atoms with van der Waals surface area (Å²) in [5.41, 5.74) is -4.82. The summed E-state index contributed by atoms with van der Waals surface area (Å²) in [5, 5.41) is 24.2. The average Bonchev–Trinajstić information content (AvgIpc) is 3.22. The third kappa shape index (κ3) is 1.99. The molecular weight excluding hydrogens is 424 g/mol. The summed E-state index contributed by atoms with van der Waals surface area (Å²) >= 11 is 0. The Morgan fingerprint density at radius 2 is 1.82 bits per heavy atom. The van der Waals surface area contributed by atoms with E-state index in [1.807, 2.05) is 26.8 Å². The van der Waals surface area contributed by atoms with Gasteiger partial charge in [0, 0.05) is 27.2 Å². The highest BCUT2D eigenvalue weighted by molar-refractivity contribution is 5.98. The van der Waals surface area contributed by atoms with Crippen molar-refractivity contribution in [3.8, 4) is 0 Å². The molecule has 2 saturated carbocycles. The molecule has 0 aromatic carbocycles. The van der Waals surface area contributed by atoms with Crippen LogP contribution in [-0.4, -0.2) is 45.4 Å². The fourth-order valence-electron chi connectivity index (χ4n) is 8.87. The molecular formula is C26H32O7. The van der Waals surface area contributed by atoms with E-state index in [4.69, 9.17) is 13.9 Å². The Morgan fingerprint density at radius 1 is 1.09 bits per heavy atom. The Balaban J connectivity index is 1.52. The van der Waals surface area contributed by atoms with Crippen LogP contribution in [0.3, 0.4) is 0 Å². The number of carbonyl (C=O) groups excluding carboxylic acids is 2. The molecule has 2 saturated heterocycles. The van der Waals surface area contributed by atoms with Crippen LogP contribution in [0.2, 0.25) is 0 Å². The van der Waals surface area contributed by atoms with Crippen molar-refractivity contribution in [1.82, 2.24) is 0 Å². The maximum absolute atomic E-state index is 13.0. The third-order valence-corrected chi connectivity index (χ3v) is 10.9. The molecule has 2 N–H and O–H groups in total. The van der Waals surface area contributed by atoms with Gasteiger partial charge in [0.2, 0.25) is 0 Å². The van der Waals surface area contributed by atoms with Crippen molar-refractivity contribution in [2.45, 2.75) is 83.4 Å². The number of rotatable bonds is 1. The third-order valence-electron chi connectivity index (χ3n) is 10.9. The van der Waals surface area contributed by atoms with Gasteiger partial charge in [0.25, 0.3) is 0 Å². The van der Waals surface area contributed by atoms with Gasteiger partial charge >= 0.3 is 5.97 Å². The molecule has 5 aliphatic rings. The van der Waals surface area contributed by atoms with Crippen molar-refractivity contribution in [1.29, 1.82) is 0 Å². The Bertz CT molecular complexity index is 1090. The lowest BCUT2D eigenvalue weighted by molar-refractivity contribution is -0.288. The van der Waals surface area contributed by atoms with Crippen LogP contribution in [0.4, 0.5) is 0 Å². The smallest absolute Gasteiger partial charge is 0.339 e. The predicted molar refractivity (Wildman–Crippen MR) is 116 cm³/mol. The first-order valence-corrected chi connectivity index (χ1v) is 11.9. The Labute approximate surface area is 193 Å². The van der Waals surface area contributed by atoms with Crippen molar-refractivity contribution in [3.05, 3.63) is 36.3 Å². The Kier molecular flexibility index (Phi) is 3.80. The van der Waals surface area contributed by atoms with Crippen molar-refractivity contribution in [3.63, 3.8) is 0 Å². The highest BCUT2D eigenvalue weighted by atomic mass is 16.7. The van der Waals surface area contributed by atoms with Gasteiger partial charge in [-0.05, 0) is 44.2 Å². The van der Waals surface area contributed by atoms with Crippen molar-refractivity contribution in [2.24, 2.45) is 27.6 Å². The van der Waals surface area contributed by atoms with Crippen LogP contribution in [0.1, 0.15) is 65.5 Å². The highest BCUT2D eigenvalue weighted by Crippen LogP contribution is 2.79. The Morgan fingerprint density at radius 3 is 2.42 bits per heavy atom. The SMILES string of the molecule is CC1(C)C(=O)C=C[C@@]12C[C@H](O)[C@]1(C)[C@@H](CC[C@@]3(C)[C@@H](c4ccoc4)OC(=O)[C@@H]4O[C@@]413)[C@@]2(C)O. The summed E-state index contributed by atoms with van der Waals surface area (Å²) in [6, 6.07) is 1.80. The summed E-state index contributed by atoms with van der Waals surface area (Å²) in [7, 11) is 0. The number of aliphatic hydroxyl groups excluding tert-OH is 1. The second-order valence-electron chi connectivity index (χ2n) is 12.1. The number of furan rings is 1. The van der Waals surface area contributed by atoms with Crippen molar-refractivity contribution >= 4 is 11.8 Å². The van der Waals surface area contributed by atoms with E-state index in [1.165, 1.54) is 0 Å².